The molecule has 0 unspecified atom stereocenters. The molecular weight excluding hydrogens is 427 g/mol. The van der Waals surface area contributed by atoms with Gasteiger partial charge in [-0.25, -0.2) is 4.39 Å². The fourth-order valence-corrected chi connectivity index (χ4v) is 3.88. The maximum Gasteiger partial charge on any atom is 0.243 e. The van der Waals surface area contributed by atoms with Crippen molar-refractivity contribution in [3.8, 4) is 0 Å². The lowest BCUT2D eigenvalue weighted by Gasteiger charge is -2.32. The van der Waals surface area contributed by atoms with E-state index in [0.717, 1.165) is 23.1 Å². The van der Waals surface area contributed by atoms with Crippen LogP contribution in [0.25, 0.3) is 0 Å². The van der Waals surface area contributed by atoms with Gasteiger partial charge in [-0.2, -0.15) is 0 Å². The zero-order valence-corrected chi connectivity index (χ0v) is 20.1. The van der Waals surface area contributed by atoms with Crippen LogP contribution in [0.1, 0.15) is 42.5 Å². The van der Waals surface area contributed by atoms with Gasteiger partial charge in [0.25, 0.3) is 0 Å². The molecule has 4 nitrogen and oxygen atoms in total. The molecule has 0 aliphatic carbocycles. The van der Waals surface area contributed by atoms with Crippen molar-refractivity contribution in [2.75, 3.05) is 0 Å². The molecule has 0 spiro atoms. The van der Waals surface area contributed by atoms with E-state index in [1.54, 1.807) is 18.2 Å². The third kappa shape index (κ3) is 6.77. The smallest absolute Gasteiger partial charge is 0.243 e. The van der Waals surface area contributed by atoms with Crippen LogP contribution < -0.4 is 5.32 Å². The molecule has 0 radical (unpaired) electrons. The number of hydrogen-bond donors (Lipinski definition) is 1. The van der Waals surface area contributed by atoms with Crippen LogP contribution in [0, 0.1) is 12.7 Å². The van der Waals surface area contributed by atoms with Crippen molar-refractivity contribution in [1.82, 2.24) is 10.2 Å². The van der Waals surface area contributed by atoms with E-state index in [4.69, 9.17) is 0 Å². The average molecular weight is 461 g/mol. The van der Waals surface area contributed by atoms with Gasteiger partial charge in [-0.1, -0.05) is 79.7 Å². The molecule has 5 heteroatoms. The highest BCUT2D eigenvalue weighted by Crippen LogP contribution is 2.19. The Hall–Kier alpha value is -3.47. The molecule has 0 aliphatic rings. The van der Waals surface area contributed by atoms with Gasteiger partial charge in [-0.05, 0) is 43.0 Å². The standard InChI is InChI=1S/C29H33FN2O2/c1-4-22(3)31-29(34)27(18-23-13-6-5-7-14-23)32(20-25-16-10-11-17-26(25)30)28(33)19-24-15-9-8-12-21(24)2/h5-17,22,27H,4,18-20H2,1-3H3,(H,31,34)/t22-,27+/m0/s1. The number of carbonyl (C=O) groups excluding carboxylic acids is 2. The van der Waals surface area contributed by atoms with Crippen molar-refractivity contribution >= 4 is 11.8 Å². The monoisotopic (exact) mass is 460 g/mol. The van der Waals surface area contributed by atoms with Crippen molar-refractivity contribution in [2.45, 2.75) is 58.7 Å². The summed E-state index contributed by atoms with van der Waals surface area (Å²) in [5, 5.41) is 3.03. The van der Waals surface area contributed by atoms with Gasteiger partial charge in [-0.15, -0.1) is 0 Å². The lowest BCUT2D eigenvalue weighted by atomic mass is 10.00. The van der Waals surface area contributed by atoms with E-state index in [0.29, 0.717) is 12.0 Å². The second-order valence-corrected chi connectivity index (χ2v) is 8.74. The summed E-state index contributed by atoms with van der Waals surface area (Å²) in [5.74, 6) is -0.831. The summed E-state index contributed by atoms with van der Waals surface area (Å²) in [4.78, 5) is 28.7. The Morgan fingerprint density at radius 1 is 0.912 bits per heavy atom. The van der Waals surface area contributed by atoms with E-state index in [-0.39, 0.29) is 30.8 Å². The molecule has 0 heterocycles. The number of halogens is 1. The number of rotatable bonds is 10. The van der Waals surface area contributed by atoms with Crippen molar-refractivity contribution < 1.29 is 14.0 Å². The molecule has 2 atom stereocenters. The first-order chi connectivity index (χ1) is 16.4. The highest BCUT2D eigenvalue weighted by Gasteiger charge is 2.31. The minimum atomic E-state index is -0.771. The summed E-state index contributed by atoms with van der Waals surface area (Å²) < 4.78 is 14.6. The first-order valence-electron chi connectivity index (χ1n) is 11.8. The summed E-state index contributed by atoms with van der Waals surface area (Å²) in [6.07, 6.45) is 1.26. The van der Waals surface area contributed by atoms with Gasteiger partial charge in [0.1, 0.15) is 11.9 Å². The quantitative estimate of drug-likeness (QED) is 0.450. The second kappa shape index (κ2) is 12.1. The first kappa shape index (κ1) is 25.2. The van der Waals surface area contributed by atoms with E-state index in [1.165, 1.54) is 11.0 Å². The number of benzene rings is 3. The Kier molecular flexibility index (Phi) is 8.97. The third-order valence-corrected chi connectivity index (χ3v) is 6.17. The van der Waals surface area contributed by atoms with Crippen LogP contribution in [-0.2, 0) is 29.0 Å². The van der Waals surface area contributed by atoms with Gasteiger partial charge < -0.3 is 10.2 Å². The lowest BCUT2D eigenvalue weighted by Crippen LogP contribution is -2.52. The molecule has 1 N–H and O–H groups in total. The fourth-order valence-electron chi connectivity index (χ4n) is 3.88. The largest absolute Gasteiger partial charge is 0.352 e. The number of nitrogens with zero attached hydrogens (tertiary/aromatic N) is 1. The van der Waals surface area contributed by atoms with Crippen LogP contribution in [-0.4, -0.2) is 28.8 Å². The average Bonchev–Trinajstić information content (AvgIpc) is 2.84. The van der Waals surface area contributed by atoms with E-state index >= 15 is 0 Å². The maximum absolute atomic E-state index is 14.6. The summed E-state index contributed by atoms with van der Waals surface area (Å²) in [6, 6.07) is 22.9. The molecule has 0 aliphatic heterocycles. The molecule has 3 rings (SSSR count). The molecule has 0 bridgehead atoms. The lowest BCUT2D eigenvalue weighted by molar-refractivity contribution is -0.141. The molecule has 178 valence electrons. The Bertz CT molecular complexity index is 1100. The minimum absolute atomic E-state index is 0.0167. The van der Waals surface area contributed by atoms with Crippen molar-refractivity contribution in [3.63, 3.8) is 0 Å². The first-order valence-corrected chi connectivity index (χ1v) is 11.8. The molecule has 3 aromatic carbocycles. The normalized spacial score (nSPS) is 12.6. The van der Waals surface area contributed by atoms with Gasteiger partial charge in [0, 0.05) is 24.6 Å². The fraction of sp³-hybridized carbons (Fsp3) is 0.310. The zero-order valence-electron chi connectivity index (χ0n) is 20.1. The molecular formula is C29H33FN2O2. The summed E-state index contributed by atoms with van der Waals surface area (Å²) >= 11 is 0. The van der Waals surface area contributed by atoms with Crippen LogP contribution in [0.4, 0.5) is 4.39 Å². The topological polar surface area (TPSA) is 49.4 Å². The van der Waals surface area contributed by atoms with E-state index in [9.17, 15) is 14.0 Å². The Balaban J connectivity index is 2.00. The number of nitrogens with one attached hydrogen (secondary N) is 1. The number of carbonyl (C=O) groups is 2. The van der Waals surface area contributed by atoms with Gasteiger partial charge in [0.05, 0.1) is 6.42 Å². The maximum atomic E-state index is 14.6. The van der Waals surface area contributed by atoms with E-state index in [1.807, 2.05) is 75.4 Å². The summed E-state index contributed by atoms with van der Waals surface area (Å²) in [5.41, 5.74) is 3.22. The summed E-state index contributed by atoms with van der Waals surface area (Å²) in [7, 11) is 0. The molecule has 0 fully saturated rings. The number of hydrogen-bond acceptors (Lipinski definition) is 2. The van der Waals surface area contributed by atoms with Crippen molar-refractivity contribution in [1.29, 1.82) is 0 Å². The van der Waals surface area contributed by atoms with E-state index < -0.39 is 11.9 Å². The Morgan fingerprint density at radius 2 is 1.53 bits per heavy atom. The third-order valence-electron chi connectivity index (χ3n) is 6.17. The van der Waals surface area contributed by atoms with Crippen molar-refractivity contribution in [3.05, 3.63) is 107 Å². The second-order valence-electron chi connectivity index (χ2n) is 8.74. The van der Waals surface area contributed by atoms with Crippen LogP contribution in [0.2, 0.25) is 0 Å². The number of aryl methyl sites for hydroxylation is 1. The molecule has 2 amide bonds. The molecule has 0 aromatic heterocycles. The molecule has 34 heavy (non-hydrogen) atoms. The van der Waals surface area contributed by atoms with Crippen LogP contribution in [0.5, 0.6) is 0 Å². The molecule has 0 saturated carbocycles. The molecule has 3 aromatic rings. The van der Waals surface area contributed by atoms with Gasteiger partial charge >= 0.3 is 0 Å². The Morgan fingerprint density at radius 3 is 2.18 bits per heavy atom. The predicted octanol–water partition coefficient (Wildman–Crippen LogP) is 5.23. The number of amides is 2. The van der Waals surface area contributed by atoms with Crippen LogP contribution >= 0.6 is 0 Å². The van der Waals surface area contributed by atoms with Crippen LogP contribution in [0.3, 0.4) is 0 Å². The highest BCUT2D eigenvalue weighted by molar-refractivity contribution is 5.89. The molecule has 0 saturated heterocycles. The zero-order chi connectivity index (χ0) is 24.5. The van der Waals surface area contributed by atoms with Crippen molar-refractivity contribution in [2.24, 2.45) is 0 Å². The predicted molar refractivity (Wildman–Crippen MR) is 134 cm³/mol. The van der Waals surface area contributed by atoms with Gasteiger partial charge in [-0.3, -0.25) is 9.59 Å². The Labute approximate surface area is 201 Å². The van der Waals surface area contributed by atoms with Gasteiger partial charge in [0.2, 0.25) is 11.8 Å². The minimum Gasteiger partial charge on any atom is -0.352 e. The van der Waals surface area contributed by atoms with E-state index in [2.05, 4.69) is 5.32 Å². The SMILES string of the molecule is CC[C@H](C)NC(=O)[C@@H](Cc1ccccc1)N(Cc1ccccc1F)C(=O)Cc1ccccc1C. The van der Waals surface area contributed by atoms with Gasteiger partial charge in [0.15, 0.2) is 0 Å². The summed E-state index contributed by atoms with van der Waals surface area (Å²) in [6.45, 7) is 5.91. The van der Waals surface area contributed by atoms with Crippen LogP contribution in [0.15, 0.2) is 78.9 Å². The highest BCUT2D eigenvalue weighted by atomic mass is 19.1.